The number of sulfone groups is 1. The Bertz CT molecular complexity index is 677. The lowest BCUT2D eigenvalue weighted by Crippen LogP contribution is -2.38. The average Bonchev–Trinajstić information content (AvgIpc) is 2.90. The summed E-state index contributed by atoms with van der Waals surface area (Å²) in [6.07, 6.45) is 2.95. The summed E-state index contributed by atoms with van der Waals surface area (Å²) >= 11 is 0. The number of hydrogen-bond acceptors (Lipinski definition) is 7. The summed E-state index contributed by atoms with van der Waals surface area (Å²) in [5, 5.41) is 3.10. The van der Waals surface area contributed by atoms with Crippen LogP contribution in [0.5, 0.6) is 0 Å². The molecule has 1 aliphatic rings. The first-order chi connectivity index (χ1) is 11.3. The van der Waals surface area contributed by atoms with Crippen LogP contribution < -0.4 is 5.32 Å². The maximum Gasteiger partial charge on any atom is 0.272 e. The standard InChI is InChI=1S/C15H25N5O3S/c1-19(2)9-4-7-16-15-17-8-5-13(18-15)14(21)20(3)12-6-10-24(22,23)11-12/h5,8,12H,4,6-7,9-11H2,1-3H3,(H,16,17,18). The molecule has 0 aromatic carbocycles. The summed E-state index contributed by atoms with van der Waals surface area (Å²) in [6, 6.07) is 1.27. The van der Waals surface area contributed by atoms with E-state index in [1.54, 1.807) is 13.1 Å². The van der Waals surface area contributed by atoms with Crippen molar-refractivity contribution in [3.8, 4) is 0 Å². The highest BCUT2D eigenvalue weighted by Crippen LogP contribution is 2.18. The molecule has 1 fully saturated rings. The molecule has 1 aromatic heterocycles. The molecule has 1 amide bonds. The Hall–Kier alpha value is -1.74. The van der Waals surface area contributed by atoms with Gasteiger partial charge in [0.15, 0.2) is 9.84 Å². The zero-order chi connectivity index (χ0) is 17.7. The third-order valence-corrected chi connectivity index (χ3v) is 5.77. The van der Waals surface area contributed by atoms with Crippen LogP contribution in [0.2, 0.25) is 0 Å². The lowest BCUT2D eigenvalue weighted by atomic mass is 10.2. The van der Waals surface area contributed by atoms with E-state index in [4.69, 9.17) is 0 Å². The molecular formula is C15H25N5O3S. The molecule has 0 bridgehead atoms. The monoisotopic (exact) mass is 355 g/mol. The minimum absolute atomic E-state index is 0.0238. The van der Waals surface area contributed by atoms with Gasteiger partial charge >= 0.3 is 0 Å². The number of carbonyl (C=O) groups is 1. The maximum absolute atomic E-state index is 12.5. The molecule has 1 aliphatic heterocycles. The van der Waals surface area contributed by atoms with Gasteiger partial charge in [-0.2, -0.15) is 0 Å². The van der Waals surface area contributed by atoms with Gasteiger partial charge < -0.3 is 15.1 Å². The Labute approximate surface area is 143 Å². The fourth-order valence-corrected chi connectivity index (χ4v) is 4.36. The molecular weight excluding hydrogens is 330 g/mol. The zero-order valence-corrected chi connectivity index (χ0v) is 15.2. The first kappa shape index (κ1) is 18.6. The Balaban J connectivity index is 1.96. The third kappa shape index (κ3) is 5.13. The highest BCUT2D eigenvalue weighted by Gasteiger charge is 2.33. The van der Waals surface area contributed by atoms with E-state index < -0.39 is 9.84 Å². The van der Waals surface area contributed by atoms with Crippen molar-refractivity contribution in [3.63, 3.8) is 0 Å². The van der Waals surface area contributed by atoms with Crippen molar-refractivity contribution in [1.82, 2.24) is 19.8 Å². The van der Waals surface area contributed by atoms with Crippen LogP contribution in [0.1, 0.15) is 23.3 Å². The van der Waals surface area contributed by atoms with Gasteiger partial charge in [0, 0.05) is 25.8 Å². The highest BCUT2D eigenvalue weighted by molar-refractivity contribution is 7.91. The van der Waals surface area contributed by atoms with Crippen LogP contribution >= 0.6 is 0 Å². The molecule has 2 heterocycles. The molecule has 0 saturated carbocycles. The summed E-state index contributed by atoms with van der Waals surface area (Å²) in [7, 11) is 2.61. The van der Waals surface area contributed by atoms with Crippen LogP contribution in [-0.2, 0) is 9.84 Å². The minimum atomic E-state index is -3.03. The maximum atomic E-state index is 12.5. The van der Waals surface area contributed by atoms with Crippen molar-refractivity contribution in [2.75, 3.05) is 51.1 Å². The van der Waals surface area contributed by atoms with Crippen molar-refractivity contribution in [3.05, 3.63) is 18.0 Å². The Morgan fingerprint density at radius 1 is 1.38 bits per heavy atom. The van der Waals surface area contributed by atoms with E-state index in [0.717, 1.165) is 13.0 Å². The van der Waals surface area contributed by atoms with Crippen LogP contribution in [0.15, 0.2) is 12.3 Å². The summed E-state index contributed by atoms with van der Waals surface area (Å²) in [6.45, 7) is 1.66. The zero-order valence-electron chi connectivity index (χ0n) is 14.4. The third-order valence-electron chi connectivity index (χ3n) is 4.02. The second-order valence-electron chi connectivity index (χ2n) is 6.32. The molecule has 1 unspecified atom stereocenters. The van der Waals surface area contributed by atoms with Crippen molar-refractivity contribution < 1.29 is 13.2 Å². The second kappa shape index (κ2) is 7.89. The summed E-state index contributed by atoms with van der Waals surface area (Å²) in [5.41, 5.74) is 0.270. The van der Waals surface area contributed by atoms with Crippen LogP contribution in [-0.4, -0.2) is 85.9 Å². The van der Waals surface area contributed by atoms with Crippen LogP contribution in [0.3, 0.4) is 0 Å². The molecule has 0 spiro atoms. The Morgan fingerprint density at radius 2 is 2.12 bits per heavy atom. The highest BCUT2D eigenvalue weighted by atomic mass is 32.2. The van der Waals surface area contributed by atoms with Gasteiger partial charge in [-0.1, -0.05) is 0 Å². The van der Waals surface area contributed by atoms with Crippen LogP contribution in [0.4, 0.5) is 5.95 Å². The molecule has 8 nitrogen and oxygen atoms in total. The van der Waals surface area contributed by atoms with Gasteiger partial charge in [-0.05, 0) is 39.5 Å². The largest absolute Gasteiger partial charge is 0.354 e. The summed E-state index contributed by atoms with van der Waals surface area (Å²) in [5.74, 6) is 0.288. The van der Waals surface area contributed by atoms with Crippen molar-refractivity contribution in [2.45, 2.75) is 18.9 Å². The van der Waals surface area contributed by atoms with E-state index in [2.05, 4.69) is 20.2 Å². The quantitative estimate of drug-likeness (QED) is 0.693. The number of aromatic nitrogens is 2. The van der Waals surface area contributed by atoms with Crippen molar-refractivity contribution in [1.29, 1.82) is 0 Å². The molecule has 1 saturated heterocycles. The van der Waals surface area contributed by atoms with Crippen molar-refractivity contribution >= 4 is 21.7 Å². The second-order valence-corrected chi connectivity index (χ2v) is 8.55. The number of amides is 1. The van der Waals surface area contributed by atoms with Gasteiger partial charge in [0.2, 0.25) is 5.95 Å². The Kier molecular flexibility index (Phi) is 6.11. The molecule has 134 valence electrons. The molecule has 0 radical (unpaired) electrons. The number of hydrogen-bond donors (Lipinski definition) is 1. The smallest absolute Gasteiger partial charge is 0.272 e. The first-order valence-electron chi connectivity index (χ1n) is 7.98. The topological polar surface area (TPSA) is 95.5 Å². The van der Waals surface area contributed by atoms with Crippen LogP contribution in [0, 0.1) is 0 Å². The van der Waals surface area contributed by atoms with E-state index in [1.807, 2.05) is 14.1 Å². The van der Waals surface area contributed by atoms with E-state index in [1.165, 1.54) is 11.1 Å². The fourth-order valence-electron chi connectivity index (χ4n) is 2.59. The molecule has 0 aliphatic carbocycles. The molecule has 24 heavy (non-hydrogen) atoms. The van der Waals surface area contributed by atoms with Gasteiger partial charge in [0.05, 0.1) is 11.5 Å². The van der Waals surface area contributed by atoms with Gasteiger partial charge in [-0.15, -0.1) is 0 Å². The Morgan fingerprint density at radius 3 is 2.75 bits per heavy atom. The first-order valence-corrected chi connectivity index (χ1v) is 9.80. The van der Waals surface area contributed by atoms with Gasteiger partial charge in [0.1, 0.15) is 5.69 Å². The normalized spacial score (nSPS) is 19.4. The summed E-state index contributed by atoms with van der Waals surface area (Å²) < 4.78 is 23.2. The molecule has 9 heteroatoms. The van der Waals surface area contributed by atoms with Crippen LogP contribution in [0.25, 0.3) is 0 Å². The number of nitrogens with zero attached hydrogens (tertiary/aromatic N) is 4. The predicted octanol–water partition coefficient (Wildman–Crippen LogP) is 0.0993. The molecule has 1 atom stereocenters. The van der Waals surface area contributed by atoms with E-state index in [9.17, 15) is 13.2 Å². The number of carbonyl (C=O) groups excluding carboxylic acids is 1. The number of nitrogens with one attached hydrogen (secondary N) is 1. The fraction of sp³-hybridized carbons (Fsp3) is 0.667. The average molecular weight is 355 g/mol. The minimum Gasteiger partial charge on any atom is -0.354 e. The summed E-state index contributed by atoms with van der Waals surface area (Å²) in [4.78, 5) is 24.4. The molecule has 1 aromatic rings. The molecule has 1 N–H and O–H groups in total. The number of anilines is 1. The van der Waals surface area contributed by atoms with E-state index in [0.29, 0.717) is 18.9 Å². The lowest BCUT2D eigenvalue weighted by Gasteiger charge is -2.23. The van der Waals surface area contributed by atoms with E-state index in [-0.39, 0.29) is 29.1 Å². The SMILES string of the molecule is CN(C)CCCNc1nccc(C(=O)N(C)C2CCS(=O)(=O)C2)n1. The molecule has 2 rings (SSSR count). The van der Waals surface area contributed by atoms with Gasteiger partial charge in [-0.3, -0.25) is 4.79 Å². The van der Waals surface area contributed by atoms with Gasteiger partial charge in [0.25, 0.3) is 5.91 Å². The van der Waals surface area contributed by atoms with Crippen molar-refractivity contribution in [2.24, 2.45) is 0 Å². The predicted molar refractivity (Wildman–Crippen MR) is 92.8 cm³/mol. The van der Waals surface area contributed by atoms with Gasteiger partial charge in [-0.25, -0.2) is 18.4 Å². The van der Waals surface area contributed by atoms with E-state index >= 15 is 0 Å². The lowest BCUT2D eigenvalue weighted by molar-refractivity contribution is 0.0741. The number of rotatable bonds is 7.